The van der Waals surface area contributed by atoms with E-state index in [-0.39, 0.29) is 0 Å². The van der Waals surface area contributed by atoms with Gasteiger partial charge in [-0.05, 0) is 54.2 Å². The summed E-state index contributed by atoms with van der Waals surface area (Å²) in [6.45, 7) is 4.43. The summed E-state index contributed by atoms with van der Waals surface area (Å²) in [5.41, 5.74) is 0. The Morgan fingerprint density at radius 3 is 2.50 bits per heavy atom. The third-order valence-corrected chi connectivity index (χ3v) is 5.69. The maximum atomic E-state index is 4.25. The van der Waals surface area contributed by atoms with Crippen LogP contribution in [0.5, 0.6) is 0 Å². The molecule has 6 heteroatoms. The highest BCUT2D eigenvalue weighted by Crippen LogP contribution is 2.29. The Kier molecular flexibility index (Phi) is 5.52. The standard InChI is InChI=1S/C8H11Br3N2S/c1-3-5(2)14-4-13-7(10)6(9)12-8(13)11/h5H,3-4H2,1-2H3. The predicted molar refractivity (Wildman–Crippen MR) is 72.7 cm³/mol. The van der Waals surface area contributed by atoms with Gasteiger partial charge in [-0.25, -0.2) is 4.98 Å². The van der Waals surface area contributed by atoms with Gasteiger partial charge in [0.2, 0.25) is 0 Å². The van der Waals surface area contributed by atoms with Gasteiger partial charge in [0.15, 0.2) is 4.73 Å². The van der Waals surface area contributed by atoms with E-state index in [1.807, 2.05) is 11.8 Å². The number of aromatic nitrogens is 2. The molecular formula is C8H11Br3N2S. The van der Waals surface area contributed by atoms with E-state index in [4.69, 9.17) is 0 Å². The van der Waals surface area contributed by atoms with Gasteiger partial charge in [0.1, 0.15) is 9.21 Å². The fourth-order valence-corrected chi connectivity index (χ4v) is 3.75. The molecule has 0 N–H and O–H groups in total. The van der Waals surface area contributed by atoms with Gasteiger partial charge < -0.3 is 4.57 Å². The highest BCUT2D eigenvalue weighted by atomic mass is 79.9. The first-order chi connectivity index (χ1) is 6.56. The lowest BCUT2D eigenvalue weighted by atomic mass is 10.4. The number of rotatable bonds is 4. The summed E-state index contributed by atoms with van der Waals surface area (Å²) in [6, 6.07) is 0. The third kappa shape index (κ3) is 3.25. The number of nitrogens with zero attached hydrogens (tertiary/aromatic N) is 2. The van der Waals surface area contributed by atoms with Crippen LogP contribution in [0.25, 0.3) is 0 Å². The van der Waals surface area contributed by atoms with Crippen LogP contribution in [0.4, 0.5) is 0 Å². The predicted octanol–water partition coefficient (Wildman–Crippen LogP) is 4.66. The van der Waals surface area contributed by atoms with Crippen LogP contribution in [0.2, 0.25) is 0 Å². The lowest BCUT2D eigenvalue weighted by molar-refractivity contribution is 0.822. The normalized spacial score (nSPS) is 13.2. The van der Waals surface area contributed by atoms with Crippen molar-refractivity contribution in [1.82, 2.24) is 9.55 Å². The highest BCUT2D eigenvalue weighted by molar-refractivity contribution is 9.13. The van der Waals surface area contributed by atoms with Crippen molar-refractivity contribution in [2.24, 2.45) is 0 Å². The second-order valence-electron chi connectivity index (χ2n) is 2.91. The SMILES string of the molecule is CCC(C)SCn1c(Br)nc(Br)c1Br. The van der Waals surface area contributed by atoms with Crippen LogP contribution in [0.15, 0.2) is 13.9 Å². The maximum Gasteiger partial charge on any atom is 0.179 e. The van der Waals surface area contributed by atoms with Crippen molar-refractivity contribution in [3.05, 3.63) is 13.9 Å². The molecule has 0 aromatic carbocycles. The minimum atomic E-state index is 0.676. The monoisotopic (exact) mass is 404 g/mol. The highest BCUT2D eigenvalue weighted by Gasteiger charge is 2.11. The molecule has 0 aliphatic rings. The molecule has 0 bridgehead atoms. The van der Waals surface area contributed by atoms with Crippen molar-refractivity contribution < 1.29 is 0 Å². The Labute approximate surface area is 114 Å². The Balaban J connectivity index is 2.67. The van der Waals surface area contributed by atoms with Gasteiger partial charge in [0, 0.05) is 5.25 Å². The summed E-state index contributed by atoms with van der Waals surface area (Å²) < 4.78 is 4.77. The molecule has 0 amide bonds. The number of halogens is 3. The van der Waals surface area contributed by atoms with E-state index < -0.39 is 0 Å². The summed E-state index contributed by atoms with van der Waals surface area (Å²) in [5, 5.41) is 0.676. The van der Waals surface area contributed by atoms with Crippen molar-refractivity contribution in [3.8, 4) is 0 Å². The van der Waals surface area contributed by atoms with Gasteiger partial charge >= 0.3 is 0 Å². The molecule has 0 saturated heterocycles. The molecule has 0 fully saturated rings. The molecule has 0 spiro atoms. The smallest absolute Gasteiger partial charge is 0.179 e. The number of thioether (sulfide) groups is 1. The van der Waals surface area contributed by atoms with Crippen LogP contribution >= 0.6 is 59.6 Å². The first kappa shape index (κ1) is 13.1. The minimum absolute atomic E-state index is 0.676. The van der Waals surface area contributed by atoms with E-state index in [1.165, 1.54) is 6.42 Å². The maximum absolute atomic E-state index is 4.25. The second-order valence-corrected chi connectivity index (χ2v) is 6.51. The zero-order valence-electron chi connectivity index (χ0n) is 7.93. The van der Waals surface area contributed by atoms with Crippen molar-refractivity contribution in [2.75, 3.05) is 0 Å². The summed E-state index contributed by atoms with van der Waals surface area (Å²) in [4.78, 5) is 4.25. The van der Waals surface area contributed by atoms with E-state index in [0.29, 0.717) is 5.25 Å². The van der Waals surface area contributed by atoms with Crippen LogP contribution in [0, 0.1) is 0 Å². The largest absolute Gasteiger partial charge is 0.302 e. The summed E-state index contributed by atoms with van der Waals surface area (Å²) in [7, 11) is 0. The summed E-state index contributed by atoms with van der Waals surface area (Å²) >= 11 is 12.2. The van der Waals surface area contributed by atoms with Gasteiger partial charge in [-0.1, -0.05) is 13.8 Å². The van der Waals surface area contributed by atoms with E-state index in [1.54, 1.807) is 0 Å². The average Bonchev–Trinajstić information content (AvgIpc) is 2.39. The van der Waals surface area contributed by atoms with Crippen molar-refractivity contribution in [2.45, 2.75) is 31.4 Å². The summed E-state index contributed by atoms with van der Waals surface area (Å²) in [6.07, 6.45) is 1.19. The van der Waals surface area contributed by atoms with E-state index in [0.717, 1.165) is 19.8 Å². The van der Waals surface area contributed by atoms with Gasteiger partial charge in [0.25, 0.3) is 0 Å². The quantitative estimate of drug-likeness (QED) is 0.723. The fourth-order valence-electron chi connectivity index (χ4n) is 0.809. The molecule has 1 unspecified atom stereocenters. The van der Waals surface area contributed by atoms with Gasteiger partial charge in [-0.3, -0.25) is 0 Å². The Bertz CT molecular complexity index is 314. The number of hydrogen-bond acceptors (Lipinski definition) is 2. The molecule has 14 heavy (non-hydrogen) atoms. The van der Waals surface area contributed by atoms with Crippen LogP contribution in [0.3, 0.4) is 0 Å². The molecule has 1 aromatic heterocycles. The fraction of sp³-hybridized carbons (Fsp3) is 0.625. The van der Waals surface area contributed by atoms with Crippen molar-refractivity contribution in [1.29, 1.82) is 0 Å². The van der Waals surface area contributed by atoms with Gasteiger partial charge in [-0.15, -0.1) is 11.8 Å². The first-order valence-electron chi connectivity index (χ1n) is 4.24. The van der Waals surface area contributed by atoms with Crippen molar-refractivity contribution >= 4 is 59.6 Å². The van der Waals surface area contributed by atoms with E-state index in [2.05, 4.69) is 71.2 Å². The van der Waals surface area contributed by atoms with E-state index in [9.17, 15) is 0 Å². The molecule has 2 nitrogen and oxygen atoms in total. The lowest BCUT2D eigenvalue weighted by Gasteiger charge is -2.10. The van der Waals surface area contributed by atoms with Crippen LogP contribution < -0.4 is 0 Å². The Morgan fingerprint density at radius 1 is 1.43 bits per heavy atom. The van der Waals surface area contributed by atoms with E-state index >= 15 is 0 Å². The molecule has 1 atom stereocenters. The molecule has 1 rings (SSSR count). The topological polar surface area (TPSA) is 17.8 Å². The zero-order chi connectivity index (χ0) is 10.7. The second kappa shape index (κ2) is 5.92. The average molecular weight is 407 g/mol. The molecular weight excluding hydrogens is 396 g/mol. The molecule has 80 valence electrons. The van der Waals surface area contributed by atoms with Crippen molar-refractivity contribution in [3.63, 3.8) is 0 Å². The first-order valence-corrected chi connectivity index (χ1v) is 7.67. The third-order valence-electron chi connectivity index (χ3n) is 1.88. The Hall–Kier alpha value is 1.000. The Morgan fingerprint density at radius 2 is 2.07 bits per heavy atom. The molecule has 0 aliphatic heterocycles. The minimum Gasteiger partial charge on any atom is -0.302 e. The van der Waals surface area contributed by atoms with Gasteiger partial charge in [-0.2, -0.15) is 0 Å². The molecule has 0 saturated carbocycles. The molecule has 0 radical (unpaired) electrons. The lowest BCUT2D eigenvalue weighted by Crippen LogP contribution is -2.00. The summed E-state index contributed by atoms with van der Waals surface area (Å²) in [5.74, 6) is 0.911. The molecule has 1 aromatic rings. The zero-order valence-corrected chi connectivity index (χ0v) is 13.5. The van der Waals surface area contributed by atoms with Crippen LogP contribution in [0.1, 0.15) is 20.3 Å². The molecule has 0 aliphatic carbocycles. The number of imidazole rings is 1. The van der Waals surface area contributed by atoms with Crippen LogP contribution in [-0.2, 0) is 5.88 Å². The number of hydrogen-bond donors (Lipinski definition) is 0. The van der Waals surface area contributed by atoms with Crippen LogP contribution in [-0.4, -0.2) is 14.8 Å². The van der Waals surface area contributed by atoms with Gasteiger partial charge in [0.05, 0.1) is 5.88 Å². The molecule has 1 heterocycles.